The molecule has 0 aliphatic rings. The number of carbonyl (C=O) groups excluding carboxylic acids is 1. The standard InChI is InChI=1S/C16H24N2O/c1-4-6-11-16(19)18(17-12-7-5-2)15-10-8-9-14(3)13-15/h6,8-11,13,17H,4-5,7,12H2,1-3H3. The molecule has 1 aromatic carbocycles. The Morgan fingerprint density at radius 1 is 1.37 bits per heavy atom. The van der Waals surface area contributed by atoms with Gasteiger partial charge in [0.15, 0.2) is 0 Å². The lowest BCUT2D eigenvalue weighted by molar-refractivity contribution is -0.114. The van der Waals surface area contributed by atoms with Crippen LogP contribution in [0.1, 0.15) is 38.7 Å². The van der Waals surface area contributed by atoms with Crippen LogP contribution in [0.5, 0.6) is 0 Å². The van der Waals surface area contributed by atoms with Crippen molar-refractivity contribution in [3.63, 3.8) is 0 Å². The van der Waals surface area contributed by atoms with Gasteiger partial charge in [-0.05, 0) is 37.5 Å². The van der Waals surface area contributed by atoms with Crippen LogP contribution in [0.25, 0.3) is 0 Å². The number of hydrogen-bond donors (Lipinski definition) is 1. The molecule has 1 rings (SSSR count). The van der Waals surface area contributed by atoms with Gasteiger partial charge in [0, 0.05) is 12.6 Å². The Labute approximate surface area is 116 Å². The largest absolute Gasteiger partial charge is 0.268 e. The fraction of sp³-hybridized carbons (Fsp3) is 0.438. The Hall–Kier alpha value is -1.61. The fourth-order valence-electron chi connectivity index (χ4n) is 1.72. The van der Waals surface area contributed by atoms with E-state index in [1.165, 1.54) is 0 Å². The summed E-state index contributed by atoms with van der Waals surface area (Å²) in [5.74, 6) is -0.0245. The molecule has 0 aliphatic heterocycles. The summed E-state index contributed by atoms with van der Waals surface area (Å²) in [6, 6.07) is 7.95. The smallest absolute Gasteiger partial charge is 0.265 e. The molecule has 0 aromatic heterocycles. The molecular formula is C16H24N2O. The minimum absolute atomic E-state index is 0.0245. The van der Waals surface area contributed by atoms with Crippen LogP contribution in [0.2, 0.25) is 0 Å². The van der Waals surface area contributed by atoms with E-state index in [2.05, 4.69) is 12.3 Å². The first-order valence-electron chi connectivity index (χ1n) is 6.99. The number of aryl methyl sites for hydroxylation is 1. The molecule has 1 N–H and O–H groups in total. The number of unbranched alkanes of at least 4 members (excludes halogenated alkanes) is 1. The quantitative estimate of drug-likeness (QED) is 0.461. The first-order valence-corrected chi connectivity index (χ1v) is 6.99. The highest BCUT2D eigenvalue weighted by atomic mass is 16.2. The van der Waals surface area contributed by atoms with Gasteiger partial charge in [-0.2, -0.15) is 0 Å². The molecule has 3 heteroatoms. The van der Waals surface area contributed by atoms with Gasteiger partial charge in [0.25, 0.3) is 5.91 Å². The molecule has 3 nitrogen and oxygen atoms in total. The van der Waals surface area contributed by atoms with Crippen molar-refractivity contribution < 1.29 is 4.79 Å². The van der Waals surface area contributed by atoms with Crippen molar-refractivity contribution in [1.82, 2.24) is 5.43 Å². The van der Waals surface area contributed by atoms with E-state index in [0.717, 1.165) is 37.1 Å². The summed E-state index contributed by atoms with van der Waals surface area (Å²) in [6.07, 6.45) is 6.52. The SMILES string of the molecule is CCC=CC(=O)N(NCCCC)c1cccc(C)c1. The maximum absolute atomic E-state index is 12.2. The van der Waals surface area contributed by atoms with Gasteiger partial charge in [0.1, 0.15) is 0 Å². The highest BCUT2D eigenvalue weighted by molar-refractivity contribution is 6.00. The van der Waals surface area contributed by atoms with E-state index in [1.807, 2.05) is 44.2 Å². The van der Waals surface area contributed by atoms with E-state index >= 15 is 0 Å². The number of amides is 1. The molecule has 19 heavy (non-hydrogen) atoms. The Morgan fingerprint density at radius 2 is 2.16 bits per heavy atom. The molecule has 0 fully saturated rings. The predicted octanol–water partition coefficient (Wildman–Crippen LogP) is 3.60. The van der Waals surface area contributed by atoms with Crippen LogP contribution >= 0.6 is 0 Å². The Kier molecular flexibility index (Phi) is 6.90. The summed E-state index contributed by atoms with van der Waals surface area (Å²) in [7, 11) is 0. The molecule has 104 valence electrons. The van der Waals surface area contributed by atoms with E-state index in [1.54, 1.807) is 11.1 Å². The lowest BCUT2D eigenvalue weighted by Crippen LogP contribution is -2.42. The van der Waals surface area contributed by atoms with Crippen molar-refractivity contribution >= 4 is 11.6 Å². The maximum atomic E-state index is 12.2. The highest BCUT2D eigenvalue weighted by Crippen LogP contribution is 2.14. The predicted molar refractivity (Wildman–Crippen MR) is 81.0 cm³/mol. The van der Waals surface area contributed by atoms with E-state index < -0.39 is 0 Å². The van der Waals surface area contributed by atoms with Gasteiger partial charge < -0.3 is 0 Å². The number of benzene rings is 1. The molecule has 1 amide bonds. The third-order valence-electron chi connectivity index (χ3n) is 2.78. The van der Waals surface area contributed by atoms with E-state index in [4.69, 9.17) is 0 Å². The number of anilines is 1. The Bertz CT molecular complexity index is 427. The van der Waals surface area contributed by atoms with Crippen LogP contribution in [-0.2, 0) is 4.79 Å². The molecule has 0 spiro atoms. The third-order valence-corrected chi connectivity index (χ3v) is 2.78. The Morgan fingerprint density at radius 3 is 2.79 bits per heavy atom. The number of nitrogens with one attached hydrogen (secondary N) is 1. The topological polar surface area (TPSA) is 32.3 Å². The van der Waals surface area contributed by atoms with Crippen molar-refractivity contribution in [1.29, 1.82) is 0 Å². The van der Waals surface area contributed by atoms with E-state index in [-0.39, 0.29) is 5.91 Å². The molecule has 0 saturated heterocycles. The maximum Gasteiger partial charge on any atom is 0.265 e. The monoisotopic (exact) mass is 260 g/mol. The summed E-state index contributed by atoms with van der Waals surface area (Å²) < 4.78 is 0. The number of rotatable bonds is 7. The number of hydrazine groups is 1. The normalized spacial score (nSPS) is 10.9. The molecule has 0 unspecified atom stereocenters. The van der Waals surface area contributed by atoms with E-state index in [0.29, 0.717) is 0 Å². The van der Waals surface area contributed by atoms with Gasteiger partial charge in [-0.1, -0.05) is 38.5 Å². The van der Waals surface area contributed by atoms with Gasteiger partial charge >= 0.3 is 0 Å². The van der Waals surface area contributed by atoms with Crippen LogP contribution in [0.4, 0.5) is 5.69 Å². The van der Waals surface area contributed by atoms with Gasteiger partial charge in [-0.15, -0.1) is 0 Å². The molecular weight excluding hydrogens is 236 g/mol. The number of nitrogens with zero attached hydrogens (tertiary/aromatic N) is 1. The summed E-state index contributed by atoms with van der Waals surface area (Å²) in [4.78, 5) is 12.2. The molecule has 1 aromatic rings. The second-order valence-electron chi connectivity index (χ2n) is 4.58. The van der Waals surface area contributed by atoms with Crippen LogP contribution in [0.3, 0.4) is 0 Å². The van der Waals surface area contributed by atoms with Gasteiger partial charge in [-0.3, -0.25) is 4.79 Å². The number of carbonyl (C=O) groups is 1. The molecule has 0 heterocycles. The van der Waals surface area contributed by atoms with Crippen molar-refractivity contribution in [2.75, 3.05) is 11.6 Å². The van der Waals surface area contributed by atoms with Crippen molar-refractivity contribution in [2.45, 2.75) is 40.0 Å². The average molecular weight is 260 g/mol. The summed E-state index contributed by atoms with van der Waals surface area (Å²) in [5.41, 5.74) is 5.24. The Balaban J connectivity index is 2.85. The summed E-state index contributed by atoms with van der Waals surface area (Å²) in [5, 5.41) is 1.63. The molecule has 0 radical (unpaired) electrons. The van der Waals surface area contributed by atoms with Crippen LogP contribution in [-0.4, -0.2) is 12.5 Å². The van der Waals surface area contributed by atoms with Crippen molar-refractivity contribution in [3.05, 3.63) is 42.0 Å². The second kappa shape index (κ2) is 8.48. The minimum atomic E-state index is -0.0245. The highest BCUT2D eigenvalue weighted by Gasteiger charge is 2.12. The van der Waals surface area contributed by atoms with Crippen LogP contribution in [0.15, 0.2) is 36.4 Å². The molecule has 0 aliphatic carbocycles. The second-order valence-corrected chi connectivity index (χ2v) is 4.58. The molecule has 0 bridgehead atoms. The van der Waals surface area contributed by atoms with Crippen molar-refractivity contribution in [2.24, 2.45) is 0 Å². The van der Waals surface area contributed by atoms with E-state index in [9.17, 15) is 4.79 Å². The van der Waals surface area contributed by atoms with Crippen LogP contribution in [0, 0.1) is 6.92 Å². The first kappa shape index (κ1) is 15.4. The zero-order chi connectivity index (χ0) is 14.1. The zero-order valence-electron chi connectivity index (χ0n) is 12.1. The summed E-state index contributed by atoms with van der Waals surface area (Å²) >= 11 is 0. The average Bonchev–Trinajstić information content (AvgIpc) is 2.41. The summed E-state index contributed by atoms with van der Waals surface area (Å²) in [6.45, 7) is 6.99. The minimum Gasteiger partial charge on any atom is -0.268 e. The molecule has 0 atom stereocenters. The number of hydrogen-bond acceptors (Lipinski definition) is 2. The van der Waals surface area contributed by atoms with Gasteiger partial charge in [0.2, 0.25) is 0 Å². The molecule has 0 saturated carbocycles. The third kappa shape index (κ3) is 5.26. The van der Waals surface area contributed by atoms with Crippen LogP contribution < -0.4 is 10.4 Å². The lowest BCUT2D eigenvalue weighted by Gasteiger charge is -2.22. The first-order chi connectivity index (χ1) is 9.19. The fourth-order valence-corrected chi connectivity index (χ4v) is 1.72. The number of allylic oxidation sites excluding steroid dienone is 1. The van der Waals surface area contributed by atoms with Gasteiger partial charge in [-0.25, -0.2) is 10.4 Å². The van der Waals surface area contributed by atoms with Gasteiger partial charge in [0.05, 0.1) is 5.69 Å². The zero-order valence-corrected chi connectivity index (χ0v) is 12.1. The lowest BCUT2D eigenvalue weighted by atomic mass is 10.2. The van der Waals surface area contributed by atoms with Crippen molar-refractivity contribution in [3.8, 4) is 0 Å².